The Hall–Kier alpha value is -1.87. The first kappa shape index (κ1) is 14.5. The van der Waals surface area contributed by atoms with Crippen molar-refractivity contribution in [1.29, 1.82) is 0 Å². The average Bonchev–Trinajstić information content (AvgIpc) is 2.49. The first-order chi connectivity index (χ1) is 9.72. The van der Waals surface area contributed by atoms with Crippen LogP contribution in [0.15, 0.2) is 42.6 Å². The standard InChI is InChI=1S/C17H21NO2/c1-3-5-13-6-8-14(9-7-13)20-15-10-11-16(18-12-15)17(19)4-2/h6-12,17,19H,3-5H2,1-2H3/t17-/m1/s1. The summed E-state index contributed by atoms with van der Waals surface area (Å²) >= 11 is 0. The largest absolute Gasteiger partial charge is 0.456 e. The summed E-state index contributed by atoms with van der Waals surface area (Å²) in [6.07, 6.45) is 4.04. The lowest BCUT2D eigenvalue weighted by atomic mass is 10.1. The van der Waals surface area contributed by atoms with Crippen LogP contribution in [0.4, 0.5) is 0 Å². The molecule has 0 aliphatic carbocycles. The number of hydrogen-bond donors (Lipinski definition) is 1. The monoisotopic (exact) mass is 271 g/mol. The summed E-state index contributed by atoms with van der Waals surface area (Å²) in [6.45, 7) is 4.09. The molecule has 1 atom stereocenters. The average molecular weight is 271 g/mol. The number of hydrogen-bond acceptors (Lipinski definition) is 3. The molecule has 0 bridgehead atoms. The van der Waals surface area contributed by atoms with E-state index in [0.29, 0.717) is 17.9 Å². The third kappa shape index (κ3) is 3.81. The smallest absolute Gasteiger partial charge is 0.145 e. The molecule has 0 fully saturated rings. The summed E-state index contributed by atoms with van der Waals surface area (Å²) in [7, 11) is 0. The van der Waals surface area contributed by atoms with E-state index in [-0.39, 0.29) is 0 Å². The van der Waals surface area contributed by atoms with Crippen molar-refractivity contribution < 1.29 is 9.84 Å². The quantitative estimate of drug-likeness (QED) is 0.853. The van der Waals surface area contributed by atoms with Crippen molar-refractivity contribution in [1.82, 2.24) is 4.98 Å². The van der Waals surface area contributed by atoms with Crippen LogP contribution in [0, 0.1) is 0 Å². The van der Waals surface area contributed by atoms with Gasteiger partial charge < -0.3 is 9.84 Å². The molecule has 0 unspecified atom stereocenters. The minimum atomic E-state index is -0.502. The van der Waals surface area contributed by atoms with Crippen LogP contribution in [0.2, 0.25) is 0 Å². The van der Waals surface area contributed by atoms with Crippen LogP contribution in [0.3, 0.4) is 0 Å². The fraction of sp³-hybridized carbons (Fsp3) is 0.353. The highest BCUT2D eigenvalue weighted by atomic mass is 16.5. The molecule has 1 aromatic carbocycles. The predicted octanol–water partition coefficient (Wildman–Crippen LogP) is 4.27. The van der Waals surface area contributed by atoms with E-state index in [4.69, 9.17) is 4.74 Å². The van der Waals surface area contributed by atoms with Crippen LogP contribution < -0.4 is 4.74 Å². The first-order valence-electron chi connectivity index (χ1n) is 7.13. The maximum atomic E-state index is 9.69. The maximum absolute atomic E-state index is 9.69. The maximum Gasteiger partial charge on any atom is 0.145 e. The number of rotatable bonds is 6. The van der Waals surface area contributed by atoms with Crippen molar-refractivity contribution in [2.24, 2.45) is 0 Å². The van der Waals surface area contributed by atoms with E-state index in [2.05, 4.69) is 24.0 Å². The van der Waals surface area contributed by atoms with E-state index < -0.39 is 6.10 Å². The number of ether oxygens (including phenoxy) is 1. The molecule has 2 aromatic rings. The topological polar surface area (TPSA) is 42.4 Å². The molecule has 1 aromatic heterocycles. The minimum absolute atomic E-state index is 0.502. The van der Waals surface area contributed by atoms with Gasteiger partial charge in [0.25, 0.3) is 0 Å². The van der Waals surface area contributed by atoms with Gasteiger partial charge in [0.1, 0.15) is 11.5 Å². The molecule has 20 heavy (non-hydrogen) atoms. The fourth-order valence-electron chi connectivity index (χ4n) is 2.01. The lowest BCUT2D eigenvalue weighted by Crippen LogP contribution is -1.98. The van der Waals surface area contributed by atoms with E-state index in [1.54, 1.807) is 12.3 Å². The van der Waals surface area contributed by atoms with Gasteiger partial charge in [-0.25, -0.2) is 0 Å². The van der Waals surface area contributed by atoms with Gasteiger partial charge in [-0.2, -0.15) is 0 Å². The summed E-state index contributed by atoms with van der Waals surface area (Å²) in [5.41, 5.74) is 2.00. The van der Waals surface area contributed by atoms with Gasteiger partial charge in [0.2, 0.25) is 0 Å². The zero-order chi connectivity index (χ0) is 14.4. The summed E-state index contributed by atoms with van der Waals surface area (Å²) in [4.78, 5) is 4.22. The van der Waals surface area contributed by atoms with Gasteiger partial charge in [0, 0.05) is 0 Å². The third-order valence-corrected chi connectivity index (χ3v) is 3.19. The zero-order valence-electron chi connectivity index (χ0n) is 12.0. The molecule has 2 rings (SSSR count). The molecule has 0 amide bonds. The highest BCUT2D eigenvalue weighted by molar-refractivity contribution is 5.32. The molecule has 0 saturated heterocycles. The van der Waals surface area contributed by atoms with E-state index >= 15 is 0 Å². The molecular weight excluding hydrogens is 250 g/mol. The molecule has 0 radical (unpaired) electrons. The molecule has 0 aliphatic heterocycles. The second-order valence-corrected chi connectivity index (χ2v) is 4.84. The summed E-state index contributed by atoms with van der Waals surface area (Å²) < 4.78 is 5.74. The number of pyridine rings is 1. The molecule has 1 N–H and O–H groups in total. The minimum Gasteiger partial charge on any atom is -0.456 e. The van der Waals surface area contributed by atoms with E-state index in [1.165, 1.54) is 5.56 Å². The highest BCUT2D eigenvalue weighted by Gasteiger charge is 2.06. The molecule has 3 heteroatoms. The number of benzene rings is 1. The Labute approximate surface area is 120 Å². The fourth-order valence-corrected chi connectivity index (χ4v) is 2.01. The normalized spacial score (nSPS) is 12.2. The predicted molar refractivity (Wildman–Crippen MR) is 80.0 cm³/mol. The molecule has 3 nitrogen and oxygen atoms in total. The van der Waals surface area contributed by atoms with Crippen LogP contribution in [0.1, 0.15) is 44.1 Å². The molecule has 0 spiro atoms. The van der Waals surface area contributed by atoms with Gasteiger partial charge in [0.15, 0.2) is 0 Å². The molecule has 106 valence electrons. The van der Waals surface area contributed by atoms with E-state index in [9.17, 15) is 5.11 Å². The lowest BCUT2D eigenvalue weighted by molar-refractivity contribution is 0.169. The number of aryl methyl sites for hydroxylation is 1. The van der Waals surface area contributed by atoms with Crippen LogP contribution in [-0.4, -0.2) is 10.1 Å². The number of aliphatic hydroxyl groups is 1. The molecular formula is C17H21NO2. The van der Waals surface area contributed by atoms with Crippen LogP contribution in [0.25, 0.3) is 0 Å². The lowest BCUT2D eigenvalue weighted by Gasteiger charge is -2.09. The van der Waals surface area contributed by atoms with Crippen molar-refractivity contribution in [2.45, 2.75) is 39.2 Å². The van der Waals surface area contributed by atoms with E-state index in [1.807, 2.05) is 25.1 Å². The van der Waals surface area contributed by atoms with Crippen molar-refractivity contribution in [3.05, 3.63) is 53.9 Å². The summed E-state index contributed by atoms with van der Waals surface area (Å²) in [6, 6.07) is 11.7. The van der Waals surface area contributed by atoms with Gasteiger partial charge in [-0.3, -0.25) is 4.98 Å². The van der Waals surface area contributed by atoms with Gasteiger partial charge >= 0.3 is 0 Å². The summed E-state index contributed by atoms with van der Waals surface area (Å²) in [5.74, 6) is 1.48. The molecule has 1 heterocycles. The second kappa shape index (κ2) is 7.06. The number of nitrogens with zero attached hydrogens (tertiary/aromatic N) is 1. The summed E-state index contributed by atoms with van der Waals surface area (Å²) in [5, 5.41) is 9.69. The van der Waals surface area contributed by atoms with Crippen LogP contribution >= 0.6 is 0 Å². The Morgan fingerprint density at radius 3 is 2.30 bits per heavy atom. The highest BCUT2D eigenvalue weighted by Crippen LogP contribution is 2.23. The van der Waals surface area contributed by atoms with Crippen LogP contribution in [0.5, 0.6) is 11.5 Å². The van der Waals surface area contributed by atoms with E-state index in [0.717, 1.165) is 18.6 Å². The van der Waals surface area contributed by atoms with Gasteiger partial charge in [-0.1, -0.05) is 32.4 Å². The number of aliphatic hydroxyl groups excluding tert-OH is 1. The zero-order valence-corrected chi connectivity index (χ0v) is 12.0. The first-order valence-corrected chi connectivity index (χ1v) is 7.13. The van der Waals surface area contributed by atoms with Gasteiger partial charge in [0.05, 0.1) is 18.0 Å². The van der Waals surface area contributed by atoms with Crippen molar-refractivity contribution in [3.63, 3.8) is 0 Å². The van der Waals surface area contributed by atoms with Crippen molar-refractivity contribution in [2.75, 3.05) is 0 Å². The Morgan fingerprint density at radius 2 is 1.75 bits per heavy atom. The molecule has 0 aliphatic rings. The van der Waals surface area contributed by atoms with Crippen LogP contribution in [-0.2, 0) is 6.42 Å². The second-order valence-electron chi connectivity index (χ2n) is 4.84. The Morgan fingerprint density at radius 1 is 1.05 bits per heavy atom. The Balaban J connectivity index is 2.02. The van der Waals surface area contributed by atoms with Crippen molar-refractivity contribution in [3.8, 4) is 11.5 Å². The van der Waals surface area contributed by atoms with Gasteiger partial charge in [-0.05, 0) is 42.7 Å². The number of aromatic nitrogens is 1. The third-order valence-electron chi connectivity index (χ3n) is 3.19. The SMILES string of the molecule is CCCc1ccc(Oc2ccc([C@H](O)CC)nc2)cc1. The van der Waals surface area contributed by atoms with Gasteiger partial charge in [-0.15, -0.1) is 0 Å². The Kier molecular flexibility index (Phi) is 5.13. The molecule has 0 saturated carbocycles. The Bertz CT molecular complexity index is 520. The van der Waals surface area contributed by atoms with Crippen molar-refractivity contribution >= 4 is 0 Å².